The summed E-state index contributed by atoms with van der Waals surface area (Å²) in [6.45, 7) is 3.44. The molecule has 0 aliphatic carbocycles. The number of carbonyl (C=O) groups is 1. The predicted molar refractivity (Wildman–Crippen MR) is 86.5 cm³/mol. The Hall–Kier alpha value is -0.980. The first-order chi connectivity index (χ1) is 9.65. The number of nitrogens with one attached hydrogen (secondary N) is 1. The second-order valence-corrected chi connectivity index (χ2v) is 7.49. The van der Waals surface area contributed by atoms with Crippen LogP contribution in [-0.4, -0.2) is 33.2 Å². The minimum Gasteiger partial charge on any atom is -0.352 e. The molecule has 118 valence electrons. The van der Waals surface area contributed by atoms with E-state index in [-0.39, 0.29) is 29.2 Å². The highest BCUT2D eigenvalue weighted by atomic mass is 35.5. The van der Waals surface area contributed by atoms with Crippen molar-refractivity contribution in [1.29, 1.82) is 0 Å². The van der Waals surface area contributed by atoms with Gasteiger partial charge in [-0.2, -0.15) is 0 Å². The molecule has 1 N–H and O–H groups in total. The lowest BCUT2D eigenvalue weighted by molar-refractivity contribution is -0.120. The molecule has 0 saturated heterocycles. The number of hydrogen-bond acceptors (Lipinski definition) is 3. The number of hydrogen-bond donors (Lipinski definition) is 1. The zero-order valence-electron chi connectivity index (χ0n) is 12.1. The van der Waals surface area contributed by atoms with Crippen molar-refractivity contribution in [1.82, 2.24) is 5.32 Å². The van der Waals surface area contributed by atoms with Gasteiger partial charge in [-0.15, -0.1) is 0 Å². The van der Waals surface area contributed by atoms with Crippen molar-refractivity contribution in [2.24, 2.45) is 0 Å². The highest BCUT2D eigenvalue weighted by Gasteiger charge is 2.23. The molecule has 0 heterocycles. The first-order valence-electron chi connectivity index (χ1n) is 6.37. The maximum Gasteiger partial charge on any atom is 0.240 e. The molecule has 1 aromatic carbocycles. The van der Waals surface area contributed by atoms with Crippen LogP contribution < -0.4 is 9.62 Å². The lowest BCUT2D eigenvalue weighted by atomic mass is 10.2. The van der Waals surface area contributed by atoms with Crippen LogP contribution in [0, 0.1) is 0 Å². The third kappa shape index (κ3) is 5.37. The summed E-state index contributed by atoms with van der Waals surface area (Å²) in [6.07, 6.45) is 1.78. The summed E-state index contributed by atoms with van der Waals surface area (Å²) >= 11 is 11.8. The van der Waals surface area contributed by atoms with E-state index in [1.54, 1.807) is 0 Å². The summed E-state index contributed by atoms with van der Waals surface area (Å²) < 4.78 is 24.8. The first-order valence-corrected chi connectivity index (χ1v) is 8.97. The van der Waals surface area contributed by atoms with Gasteiger partial charge in [0.1, 0.15) is 6.54 Å². The quantitative estimate of drug-likeness (QED) is 0.855. The van der Waals surface area contributed by atoms with Gasteiger partial charge in [-0.05, 0) is 31.5 Å². The van der Waals surface area contributed by atoms with Crippen molar-refractivity contribution < 1.29 is 13.2 Å². The fourth-order valence-corrected chi connectivity index (χ4v) is 3.05. The summed E-state index contributed by atoms with van der Waals surface area (Å²) in [5.74, 6) is -0.388. The summed E-state index contributed by atoms with van der Waals surface area (Å²) in [5, 5.41) is 3.28. The highest BCUT2D eigenvalue weighted by molar-refractivity contribution is 7.92. The van der Waals surface area contributed by atoms with Gasteiger partial charge in [0.15, 0.2) is 0 Å². The fourth-order valence-electron chi connectivity index (χ4n) is 1.62. The Morgan fingerprint density at radius 3 is 2.48 bits per heavy atom. The van der Waals surface area contributed by atoms with Crippen LogP contribution in [0.1, 0.15) is 20.3 Å². The van der Waals surface area contributed by atoms with E-state index >= 15 is 0 Å². The van der Waals surface area contributed by atoms with Crippen molar-refractivity contribution in [3.63, 3.8) is 0 Å². The minimum atomic E-state index is -3.65. The van der Waals surface area contributed by atoms with Gasteiger partial charge in [0, 0.05) is 11.1 Å². The topological polar surface area (TPSA) is 66.5 Å². The standard InChI is InChI=1S/C13H18Cl2N2O3S/c1-4-9(2)16-13(18)8-17(21(3,19)20)12-6-5-10(14)7-11(12)15/h5-7,9H,4,8H2,1-3H3,(H,16,18)/t9-/m0/s1. The molecule has 0 saturated carbocycles. The first kappa shape index (κ1) is 18.1. The van der Waals surface area contributed by atoms with Crippen molar-refractivity contribution in [3.05, 3.63) is 28.2 Å². The number of anilines is 1. The van der Waals surface area contributed by atoms with Crippen LogP contribution in [0.3, 0.4) is 0 Å². The van der Waals surface area contributed by atoms with Crippen molar-refractivity contribution in [3.8, 4) is 0 Å². The summed E-state index contributed by atoms with van der Waals surface area (Å²) in [4.78, 5) is 11.9. The highest BCUT2D eigenvalue weighted by Crippen LogP contribution is 2.30. The largest absolute Gasteiger partial charge is 0.352 e. The molecule has 0 fully saturated rings. The van der Waals surface area contributed by atoms with Gasteiger partial charge in [-0.25, -0.2) is 8.42 Å². The van der Waals surface area contributed by atoms with Crippen LogP contribution in [-0.2, 0) is 14.8 Å². The molecule has 0 aliphatic heterocycles. The van der Waals surface area contributed by atoms with E-state index < -0.39 is 10.0 Å². The van der Waals surface area contributed by atoms with Crippen LogP contribution >= 0.6 is 23.2 Å². The number of sulfonamides is 1. The van der Waals surface area contributed by atoms with Gasteiger partial charge in [0.2, 0.25) is 15.9 Å². The molecule has 0 radical (unpaired) electrons. The lowest BCUT2D eigenvalue weighted by Gasteiger charge is -2.23. The van der Waals surface area contributed by atoms with E-state index in [1.807, 2.05) is 13.8 Å². The molecule has 1 rings (SSSR count). The van der Waals surface area contributed by atoms with E-state index in [4.69, 9.17) is 23.2 Å². The van der Waals surface area contributed by atoms with E-state index in [1.165, 1.54) is 18.2 Å². The molecular formula is C13H18Cl2N2O3S. The third-order valence-corrected chi connectivity index (χ3v) is 4.55. The summed E-state index contributed by atoms with van der Waals surface area (Å²) in [5.41, 5.74) is 0.225. The van der Waals surface area contributed by atoms with Gasteiger partial charge in [-0.3, -0.25) is 9.10 Å². The summed E-state index contributed by atoms with van der Waals surface area (Å²) in [7, 11) is -3.65. The Labute approximate surface area is 135 Å². The van der Waals surface area contributed by atoms with Gasteiger partial charge in [0.25, 0.3) is 0 Å². The van der Waals surface area contributed by atoms with Gasteiger partial charge in [0.05, 0.1) is 17.0 Å². The molecule has 0 aliphatic rings. The molecule has 21 heavy (non-hydrogen) atoms. The molecule has 0 spiro atoms. The van der Waals surface area contributed by atoms with Crippen molar-refractivity contribution in [2.45, 2.75) is 26.3 Å². The maximum atomic E-state index is 11.9. The Balaban J connectivity index is 3.05. The number of rotatable bonds is 6. The van der Waals surface area contributed by atoms with Crippen LogP contribution in [0.15, 0.2) is 18.2 Å². The number of amides is 1. The van der Waals surface area contributed by atoms with Crippen LogP contribution in [0.2, 0.25) is 10.0 Å². The Morgan fingerprint density at radius 1 is 1.38 bits per heavy atom. The van der Waals surface area contributed by atoms with Crippen LogP contribution in [0.5, 0.6) is 0 Å². The molecule has 1 atom stereocenters. The van der Waals surface area contributed by atoms with Crippen molar-refractivity contribution >= 4 is 44.8 Å². The van der Waals surface area contributed by atoms with Crippen LogP contribution in [0.25, 0.3) is 0 Å². The SMILES string of the molecule is CC[C@H](C)NC(=O)CN(c1ccc(Cl)cc1Cl)S(C)(=O)=O. The van der Waals surface area contributed by atoms with Gasteiger partial charge in [-0.1, -0.05) is 30.1 Å². The molecule has 5 nitrogen and oxygen atoms in total. The zero-order chi connectivity index (χ0) is 16.2. The maximum absolute atomic E-state index is 11.9. The molecule has 1 amide bonds. The smallest absolute Gasteiger partial charge is 0.240 e. The number of carbonyl (C=O) groups excluding carboxylic acids is 1. The van der Waals surface area contributed by atoms with E-state index in [2.05, 4.69) is 5.32 Å². The zero-order valence-corrected chi connectivity index (χ0v) is 14.4. The molecule has 1 aromatic rings. The van der Waals surface area contributed by atoms with E-state index in [0.717, 1.165) is 17.0 Å². The van der Waals surface area contributed by atoms with Crippen molar-refractivity contribution in [2.75, 3.05) is 17.1 Å². The third-order valence-electron chi connectivity index (χ3n) is 2.89. The second-order valence-electron chi connectivity index (χ2n) is 4.74. The molecule has 0 unspecified atom stereocenters. The average Bonchev–Trinajstić information content (AvgIpc) is 2.35. The molecule has 0 aromatic heterocycles. The van der Waals surface area contributed by atoms with Gasteiger partial charge < -0.3 is 5.32 Å². The van der Waals surface area contributed by atoms with Gasteiger partial charge >= 0.3 is 0 Å². The van der Waals surface area contributed by atoms with Crippen LogP contribution in [0.4, 0.5) is 5.69 Å². The van der Waals surface area contributed by atoms with E-state index in [9.17, 15) is 13.2 Å². The number of halogens is 2. The normalized spacial score (nSPS) is 12.8. The van der Waals surface area contributed by atoms with E-state index in [0.29, 0.717) is 5.02 Å². The second kappa shape index (κ2) is 7.33. The minimum absolute atomic E-state index is 0.0281. The molecule has 8 heteroatoms. The Morgan fingerprint density at radius 2 is 2.00 bits per heavy atom. The monoisotopic (exact) mass is 352 g/mol. The summed E-state index contributed by atoms with van der Waals surface area (Å²) in [6, 6.07) is 4.40. The predicted octanol–water partition coefficient (Wildman–Crippen LogP) is 2.67. The number of nitrogens with zero attached hydrogens (tertiary/aromatic N) is 1. The number of benzene rings is 1. The Bertz CT molecular complexity index is 620. The lowest BCUT2D eigenvalue weighted by Crippen LogP contribution is -2.43. The fraction of sp³-hybridized carbons (Fsp3) is 0.462. The molecule has 0 bridgehead atoms. The Kier molecular flexibility index (Phi) is 6.31. The molecular weight excluding hydrogens is 335 g/mol. The average molecular weight is 353 g/mol.